The van der Waals surface area contributed by atoms with Gasteiger partial charge in [-0.1, -0.05) is 41.4 Å². The van der Waals surface area contributed by atoms with Crippen LogP contribution in [0.3, 0.4) is 0 Å². The van der Waals surface area contributed by atoms with Gasteiger partial charge in [-0.15, -0.1) is 11.3 Å². The van der Waals surface area contributed by atoms with Crippen molar-refractivity contribution < 1.29 is 0 Å². The first-order valence-electron chi connectivity index (χ1n) is 6.45. The van der Waals surface area contributed by atoms with E-state index in [1.54, 1.807) is 11.3 Å². The van der Waals surface area contributed by atoms with Crippen molar-refractivity contribution in [3.63, 3.8) is 0 Å². The van der Waals surface area contributed by atoms with Crippen molar-refractivity contribution in [2.24, 2.45) is 5.73 Å². The van der Waals surface area contributed by atoms with Crippen LogP contribution in [-0.2, 0) is 0 Å². The Morgan fingerprint density at radius 3 is 2.55 bits per heavy atom. The summed E-state index contributed by atoms with van der Waals surface area (Å²) < 4.78 is 0. The third kappa shape index (κ3) is 3.35. The van der Waals surface area contributed by atoms with Gasteiger partial charge in [0.05, 0.1) is 11.1 Å². The van der Waals surface area contributed by atoms with E-state index in [0.29, 0.717) is 6.54 Å². The maximum atomic E-state index is 6.28. The lowest BCUT2D eigenvalue weighted by atomic mass is 10.0. The van der Waals surface area contributed by atoms with Gasteiger partial charge in [-0.3, -0.25) is 4.90 Å². The van der Waals surface area contributed by atoms with Gasteiger partial charge >= 0.3 is 0 Å². The van der Waals surface area contributed by atoms with Crippen LogP contribution in [0.5, 0.6) is 0 Å². The summed E-state index contributed by atoms with van der Waals surface area (Å²) >= 11 is 13.9. The highest BCUT2D eigenvalue weighted by molar-refractivity contribution is 7.10. The molecular weight excluding hydrogens is 311 g/mol. The number of hydrogen-bond donors (Lipinski definition) is 1. The molecule has 0 amide bonds. The Morgan fingerprint density at radius 2 is 2.00 bits per heavy atom. The number of thiophene rings is 1. The van der Waals surface area contributed by atoms with Gasteiger partial charge in [0, 0.05) is 27.9 Å². The minimum Gasteiger partial charge on any atom is -0.329 e. The van der Waals surface area contributed by atoms with Crippen LogP contribution in [0.4, 0.5) is 0 Å². The van der Waals surface area contributed by atoms with E-state index in [1.807, 2.05) is 29.6 Å². The molecule has 20 heavy (non-hydrogen) atoms. The topological polar surface area (TPSA) is 29.3 Å². The largest absolute Gasteiger partial charge is 0.329 e. The van der Waals surface area contributed by atoms with Crippen LogP contribution in [0.2, 0.25) is 10.0 Å². The van der Waals surface area contributed by atoms with Crippen molar-refractivity contribution in [1.29, 1.82) is 0 Å². The molecule has 0 aliphatic heterocycles. The summed E-state index contributed by atoms with van der Waals surface area (Å²) in [5.41, 5.74) is 7.07. The molecule has 0 spiro atoms. The zero-order valence-electron chi connectivity index (χ0n) is 11.5. The molecule has 108 valence electrons. The second kappa shape index (κ2) is 6.92. The molecule has 2 atom stereocenters. The Hall–Kier alpha value is -0.580. The summed E-state index contributed by atoms with van der Waals surface area (Å²) in [6, 6.07) is 10.2. The Kier molecular flexibility index (Phi) is 5.47. The smallest absolute Gasteiger partial charge is 0.0567 e. The van der Waals surface area contributed by atoms with Crippen molar-refractivity contribution in [3.8, 4) is 0 Å². The van der Waals surface area contributed by atoms with E-state index in [2.05, 4.69) is 24.9 Å². The van der Waals surface area contributed by atoms with Gasteiger partial charge in [0.15, 0.2) is 0 Å². The molecule has 1 aromatic heterocycles. The lowest BCUT2D eigenvalue weighted by molar-refractivity contribution is 0.193. The standard InChI is InChI=1S/C15H18Cl2N2S/c1-10(12-5-3-4-6-13(12)17)19(2)14(8-18)15-7-11(16)9-20-15/h3-7,9-10,14H,8,18H2,1-2H3. The molecule has 0 aliphatic rings. The number of nitrogens with zero attached hydrogens (tertiary/aromatic N) is 1. The van der Waals surface area contributed by atoms with Gasteiger partial charge in [0.1, 0.15) is 0 Å². The van der Waals surface area contributed by atoms with Crippen LogP contribution in [0.1, 0.15) is 29.4 Å². The highest BCUT2D eigenvalue weighted by Crippen LogP contribution is 2.34. The molecule has 0 bridgehead atoms. The molecule has 2 unspecified atom stereocenters. The maximum absolute atomic E-state index is 6.28. The third-order valence-electron chi connectivity index (χ3n) is 3.60. The summed E-state index contributed by atoms with van der Waals surface area (Å²) in [7, 11) is 2.07. The fourth-order valence-corrected chi connectivity index (χ4v) is 3.83. The fourth-order valence-electron chi connectivity index (χ4n) is 2.29. The molecule has 1 aromatic carbocycles. The van der Waals surface area contributed by atoms with Gasteiger partial charge in [0.25, 0.3) is 0 Å². The molecule has 0 radical (unpaired) electrons. The van der Waals surface area contributed by atoms with Crippen molar-refractivity contribution in [2.45, 2.75) is 19.0 Å². The number of likely N-dealkylation sites (N-methyl/N-ethyl adjacent to an activating group) is 1. The minimum atomic E-state index is 0.138. The van der Waals surface area contributed by atoms with Gasteiger partial charge in [0.2, 0.25) is 0 Å². The third-order valence-corrected chi connectivity index (χ3v) is 5.32. The first kappa shape index (κ1) is 15.8. The van der Waals surface area contributed by atoms with Crippen molar-refractivity contribution in [3.05, 3.63) is 56.2 Å². The Labute approximate surface area is 134 Å². The van der Waals surface area contributed by atoms with Crippen LogP contribution < -0.4 is 5.73 Å². The molecule has 0 fully saturated rings. The molecule has 0 saturated carbocycles. The SMILES string of the molecule is CC(c1ccccc1Cl)N(C)C(CN)c1cc(Cl)cs1. The summed E-state index contributed by atoms with van der Waals surface area (Å²) in [5, 5.41) is 3.49. The molecule has 1 heterocycles. The molecule has 2 aromatic rings. The number of rotatable bonds is 5. The van der Waals surface area contributed by atoms with Crippen LogP contribution in [0.25, 0.3) is 0 Å². The Morgan fingerprint density at radius 1 is 1.30 bits per heavy atom. The van der Waals surface area contributed by atoms with E-state index in [1.165, 1.54) is 4.88 Å². The lowest BCUT2D eigenvalue weighted by Crippen LogP contribution is -2.32. The number of benzene rings is 1. The molecule has 5 heteroatoms. The van der Waals surface area contributed by atoms with Crippen molar-refractivity contribution in [1.82, 2.24) is 4.90 Å². The zero-order valence-corrected chi connectivity index (χ0v) is 13.8. The van der Waals surface area contributed by atoms with Crippen molar-refractivity contribution in [2.75, 3.05) is 13.6 Å². The number of halogens is 2. The van der Waals surface area contributed by atoms with E-state index in [-0.39, 0.29) is 12.1 Å². The average Bonchev–Trinajstić information content (AvgIpc) is 2.85. The van der Waals surface area contributed by atoms with Crippen LogP contribution in [0, 0.1) is 0 Å². The quantitative estimate of drug-likeness (QED) is 0.858. The summed E-state index contributed by atoms with van der Waals surface area (Å²) in [6.07, 6.45) is 0. The highest BCUT2D eigenvalue weighted by Gasteiger charge is 2.23. The molecule has 2 nitrogen and oxygen atoms in total. The predicted molar refractivity (Wildman–Crippen MR) is 88.8 cm³/mol. The van der Waals surface area contributed by atoms with Gasteiger partial charge < -0.3 is 5.73 Å². The van der Waals surface area contributed by atoms with Crippen LogP contribution >= 0.6 is 34.5 Å². The monoisotopic (exact) mass is 328 g/mol. The van der Waals surface area contributed by atoms with Gasteiger partial charge in [-0.25, -0.2) is 0 Å². The normalized spacial score (nSPS) is 14.5. The molecule has 0 aliphatic carbocycles. The second-order valence-electron chi connectivity index (χ2n) is 4.78. The fraction of sp³-hybridized carbons (Fsp3) is 0.333. The first-order valence-corrected chi connectivity index (χ1v) is 8.08. The summed E-state index contributed by atoms with van der Waals surface area (Å²) in [4.78, 5) is 3.42. The predicted octanol–water partition coefficient (Wildman–Crippen LogP) is 4.75. The molecular formula is C15H18Cl2N2S. The second-order valence-corrected chi connectivity index (χ2v) is 6.57. The minimum absolute atomic E-state index is 0.138. The van der Waals surface area contributed by atoms with E-state index in [4.69, 9.17) is 28.9 Å². The van der Waals surface area contributed by atoms with E-state index < -0.39 is 0 Å². The van der Waals surface area contributed by atoms with E-state index in [0.717, 1.165) is 15.6 Å². The van der Waals surface area contributed by atoms with E-state index in [9.17, 15) is 0 Å². The Bertz CT molecular complexity index is 571. The maximum Gasteiger partial charge on any atom is 0.0567 e. The number of hydrogen-bond acceptors (Lipinski definition) is 3. The van der Waals surface area contributed by atoms with Gasteiger partial charge in [-0.05, 0) is 31.7 Å². The molecule has 0 saturated heterocycles. The van der Waals surface area contributed by atoms with Crippen LogP contribution in [0.15, 0.2) is 35.7 Å². The van der Waals surface area contributed by atoms with Crippen molar-refractivity contribution >= 4 is 34.5 Å². The van der Waals surface area contributed by atoms with Crippen LogP contribution in [-0.4, -0.2) is 18.5 Å². The molecule has 2 rings (SSSR count). The molecule has 2 N–H and O–H groups in total. The zero-order chi connectivity index (χ0) is 14.7. The summed E-state index contributed by atoms with van der Waals surface area (Å²) in [5.74, 6) is 0. The lowest BCUT2D eigenvalue weighted by Gasteiger charge is -2.32. The first-order chi connectivity index (χ1) is 9.54. The highest BCUT2D eigenvalue weighted by atomic mass is 35.5. The van der Waals surface area contributed by atoms with E-state index >= 15 is 0 Å². The average molecular weight is 329 g/mol. The summed E-state index contributed by atoms with van der Waals surface area (Å²) in [6.45, 7) is 2.68. The Balaban J connectivity index is 2.24. The number of nitrogens with two attached hydrogens (primary N) is 1. The van der Waals surface area contributed by atoms with Gasteiger partial charge in [-0.2, -0.15) is 0 Å².